The van der Waals surface area contributed by atoms with Gasteiger partial charge < -0.3 is 4.74 Å². The van der Waals surface area contributed by atoms with Crippen molar-refractivity contribution in [1.29, 1.82) is 0 Å². The number of nitrogens with zero attached hydrogens (tertiary/aromatic N) is 2. The molecule has 206 valence electrons. The number of halogens is 1. The second-order valence-electron chi connectivity index (χ2n) is 10.5. The van der Waals surface area contributed by atoms with Crippen LogP contribution in [0.25, 0.3) is 0 Å². The number of fused-ring (bicyclic) bond motifs is 5. The largest absolute Gasteiger partial charge is 0.423 e. The number of ketones is 1. The van der Waals surface area contributed by atoms with Crippen LogP contribution < -0.4 is 4.74 Å². The molecule has 3 aromatic rings. The van der Waals surface area contributed by atoms with Crippen molar-refractivity contribution in [3.8, 4) is 5.75 Å². The van der Waals surface area contributed by atoms with E-state index in [1.165, 1.54) is 36.4 Å². The number of Topliss-reactive ketones (excluding diaryl/α,β-unsaturated/α-hetero) is 1. The van der Waals surface area contributed by atoms with Crippen molar-refractivity contribution in [1.82, 2.24) is 10.0 Å². The molecule has 0 radical (unpaired) electrons. The molecule has 3 amide bonds. The second kappa shape index (κ2) is 10.4. The van der Waals surface area contributed by atoms with Gasteiger partial charge in [0, 0.05) is 5.56 Å². The van der Waals surface area contributed by atoms with E-state index in [2.05, 4.69) is 0 Å². The predicted molar refractivity (Wildman–Crippen MR) is 149 cm³/mol. The quantitative estimate of drug-likeness (QED) is 0.132. The molecule has 0 aromatic heterocycles. The smallest absolute Gasteiger partial charge is 0.343 e. The van der Waals surface area contributed by atoms with Crippen LogP contribution >= 0.6 is 11.6 Å². The van der Waals surface area contributed by atoms with Gasteiger partial charge in [-0.15, -0.1) is 0 Å². The third-order valence-electron chi connectivity index (χ3n) is 7.99. The highest BCUT2D eigenvalue weighted by atomic mass is 35.5. The molecule has 0 unspecified atom stereocenters. The van der Waals surface area contributed by atoms with Gasteiger partial charge in [-0.25, -0.2) is 9.80 Å². The molecule has 0 N–H and O–H groups in total. The Balaban J connectivity index is 1.24. The van der Waals surface area contributed by atoms with Crippen LogP contribution in [0.2, 0.25) is 5.02 Å². The Morgan fingerprint density at radius 2 is 1.44 bits per heavy atom. The number of amides is 3. The fourth-order valence-electron chi connectivity index (χ4n) is 5.92. The number of carbonyl (C=O) groups excluding carboxylic acids is 5. The molecule has 3 aliphatic rings. The summed E-state index contributed by atoms with van der Waals surface area (Å²) in [5.41, 5.74) is 1.67. The van der Waals surface area contributed by atoms with E-state index >= 15 is 0 Å². The van der Waals surface area contributed by atoms with Gasteiger partial charge >= 0.3 is 5.97 Å². The van der Waals surface area contributed by atoms with Gasteiger partial charge in [-0.05, 0) is 73.7 Å². The van der Waals surface area contributed by atoms with E-state index in [4.69, 9.17) is 16.3 Å². The molecule has 2 fully saturated rings. The first-order chi connectivity index (χ1) is 19.7. The Kier molecular flexibility index (Phi) is 6.79. The maximum Gasteiger partial charge on any atom is 0.343 e. The zero-order chi connectivity index (χ0) is 28.8. The van der Waals surface area contributed by atoms with Crippen molar-refractivity contribution in [3.05, 3.63) is 112 Å². The number of aryl methyl sites for hydroxylation is 1. The van der Waals surface area contributed by atoms with E-state index in [1.54, 1.807) is 36.4 Å². The lowest BCUT2D eigenvalue weighted by molar-refractivity contribution is -0.154. The Hall–Kier alpha value is -4.56. The molecule has 3 aromatic carbocycles. The molecule has 6 rings (SSSR count). The third-order valence-corrected chi connectivity index (χ3v) is 8.32. The molecule has 0 spiro atoms. The van der Waals surface area contributed by atoms with Gasteiger partial charge in [0.25, 0.3) is 17.7 Å². The molecule has 41 heavy (non-hydrogen) atoms. The average Bonchev–Trinajstić information content (AvgIpc) is 3.66. The first-order valence-corrected chi connectivity index (χ1v) is 13.7. The Morgan fingerprint density at radius 3 is 2.05 bits per heavy atom. The van der Waals surface area contributed by atoms with Crippen LogP contribution in [0, 0.1) is 30.6 Å². The van der Waals surface area contributed by atoms with E-state index in [0.717, 1.165) is 22.0 Å². The second-order valence-corrected chi connectivity index (χ2v) is 10.9. The minimum Gasteiger partial charge on any atom is -0.423 e. The summed E-state index contributed by atoms with van der Waals surface area (Å²) in [7, 11) is 0. The summed E-state index contributed by atoms with van der Waals surface area (Å²) in [4.78, 5) is 66.7. The number of hydrogen-bond acceptors (Lipinski definition) is 6. The van der Waals surface area contributed by atoms with Crippen LogP contribution in [0.15, 0.2) is 84.9 Å². The van der Waals surface area contributed by atoms with E-state index < -0.39 is 47.9 Å². The summed E-state index contributed by atoms with van der Waals surface area (Å²) < 4.78 is 5.41. The number of hydrazine groups is 1. The normalized spacial score (nSPS) is 22.1. The van der Waals surface area contributed by atoms with Gasteiger partial charge in [0.15, 0.2) is 5.78 Å². The van der Waals surface area contributed by atoms with E-state index in [1.807, 2.05) is 19.1 Å². The van der Waals surface area contributed by atoms with Crippen molar-refractivity contribution in [2.24, 2.45) is 23.7 Å². The number of esters is 1. The fourth-order valence-corrected chi connectivity index (χ4v) is 6.14. The van der Waals surface area contributed by atoms with Crippen molar-refractivity contribution in [3.63, 3.8) is 0 Å². The summed E-state index contributed by atoms with van der Waals surface area (Å²) >= 11 is 6.29. The monoisotopic (exact) mass is 568 g/mol. The minimum atomic E-state index is -0.727. The zero-order valence-electron chi connectivity index (χ0n) is 22.0. The molecular formula is C32H25ClN2O6. The van der Waals surface area contributed by atoms with E-state index in [0.29, 0.717) is 5.56 Å². The van der Waals surface area contributed by atoms with Crippen molar-refractivity contribution in [2.75, 3.05) is 6.54 Å². The SMILES string of the molecule is Cc1ccc(C(=O)Oc2ccc(C(=O)CN(C(=O)c3ccccc3Cl)N3C(=O)[C@H]4[C@H](C3=O)[C@H]3C=C[C@H]4C3)cc2)cc1. The Bertz CT molecular complexity index is 1580. The van der Waals surface area contributed by atoms with Gasteiger partial charge in [0.1, 0.15) is 12.3 Å². The standard InChI is InChI=1S/C32H25ClN2O6/c1-18-6-8-20(9-7-18)32(40)41-23-14-12-19(13-15-23)26(36)17-34(29(37)24-4-2-3-5-25(24)33)35-30(38)27-21-10-11-22(16-21)28(27)31(35)39/h2-15,21-22,27-28H,16-17H2,1H3/t21-,22-,27+,28+/m0/s1. The van der Waals surface area contributed by atoms with Crippen LogP contribution in [0.4, 0.5) is 0 Å². The number of hydrogen-bond donors (Lipinski definition) is 0. The first-order valence-electron chi connectivity index (χ1n) is 13.3. The highest BCUT2D eigenvalue weighted by molar-refractivity contribution is 6.34. The van der Waals surface area contributed by atoms with E-state index in [-0.39, 0.29) is 33.7 Å². The highest BCUT2D eigenvalue weighted by Crippen LogP contribution is 2.52. The molecule has 2 aliphatic carbocycles. The van der Waals surface area contributed by atoms with Crippen molar-refractivity contribution >= 4 is 41.1 Å². The van der Waals surface area contributed by atoms with Gasteiger partial charge in [0.2, 0.25) is 0 Å². The summed E-state index contributed by atoms with van der Waals surface area (Å²) in [6, 6.07) is 19.1. The summed E-state index contributed by atoms with van der Waals surface area (Å²) in [5, 5.41) is 1.90. The summed E-state index contributed by atoms with van der Waals surface area (Å²) in [5.74, 6) is -3.73. The topological polar surface area (TPSA) is 101 Å². The number of imide groups is 1. The van der Waals surface area contributed by atoms with Gasteiger partial charge in [-0.3, -0.25) is 19.2 Å². The fraction of sp³-hybridized carbons (Fsp3) is 0.219. The van der Waals surface area contributed by atoms with E-state index in [9.17, 15) is 24.0 Å². The number of carbonyl (C=O) groups is 5. The Labute approximate surface area is 241 Å². The summed E-state index contributed by atoms with van der Waals surface area (Å²) in [6.07, 6.45) is 4.65. The zero-order valence-corrected chi connectivity index (χ0v) is 22.8. The van der Waals surface area contributed by atoms with Gasteiger partial charge in [-0.2, -0.15) is 5.01 Å². The average molecular weight is 569 g/mol. The van der Waals surface area contributed by atoms with Crippen LogP contribution in [0.3, 0.4) is 0 Å². The van der Waals surface area contributed by atoms with Crippen LogP contribution in [0.1, 0.15) is 43.1 Å². The lowest BCUT2D eigenvalue weighted by Crippen LogP contribution is -2.52. The molecule has 9 heteroatoms. The van der Waals surface area contributed by atoms with Gasteiger partial charge in [-0.1, -0.05) is 53.6 Å². The minimum absolute atomic E-state index is 0.0606. The van der Waals surface area contributed by atoms with Crippen LogP contribution in [0.5, 0.6) is 5.75 Å². The Morgan fingerprint density at radius 1 is 0.854 bits per heavy atom. The lowest BCUT2D eigenvalue weighted by Gasteiger charge is -2.31. The number of ether oxygens (including phenoxy) is 1. The molecule has 1 saturated carbocycles. The number of allylic oxidation sites excluding steroid dienone is 2. The molecule has 2 bridgehead atoms. The molecule has 1 heterocycles. The molecule has 8 nitrogen and oxygen atoms in total. The lowest BCUT2D eigenvalue weighted by atomic mass is 9.85. The maximum atomic E-state index is 13.7. The van der Waals surface area contributed by atoms with Crippen LogP contribution in [-0.2, 0) is 9.59 Å². The number of rotatable bonds is 7. The molecule has 4 atom stereocenters. The third kappa shape index (κ3) is 4.74. The first kappa shape index (κ1) is 26.7. The van der Waals surface area contributed by atoms with Crippen LogP contribution in [-0.4, -0.2) is 46.0 Å². The molecule has 1 aliphatic heterocycles. The predicted octanol–water partition coefficient (Wildman–Crippen LogP) is 4.91. The molecular weight excluding hydrogens is 544 g/mol. The van der Waals surface area contributed by atoms with Gasteiger partial charge in [0.05, 0.1) is 28.0 Å². The van der Waals surface area contributed by atoms with Crippen molar-refractivity contribution < 1.29 is 28.7 Å². The highest BCUT2D eigenvalue weighted by Gasteiger charge is 2.61. The van der Waals surface area contributed by atoms with Crippen molar-refractivity contribution in [2.45, 2.75) is 13.3 Å². The summed E-state index contributed by atoms with van der Waals surface area (Å²) in [6.45, 7) is 1.35. The number of benzene rings is 3. The molecule has 1 saturated heterocycles. The maximum absolute atomic E-state index is 13.7.